The van der Waals surface area contributed by atoms with E-state index >= 15 is 0 Å². The topological polar surface area (TPSA) is 75.1 Å². The molecule has 2 aromatic carbocycles. The summed E-state index contributed by atoms with van der Waals surface area (Å²) in [7, 11) is 1.68. The van der Waals surface area contributed by atoms with Crippen molar-refractivity contribution in [1.29, 1.82) is 0 Å². The van der Waals surface area contributed by atoms with Gasteiger partial charge in [0.15, 0.2) is 5.96 Å². The number of hydrogen-bond acceptors (Lipinski definition) is 4. The highest BCUT2D eigenvalue weighted by atomic mass is 16.5. The van der Waals surface area contributed by atoms with Gasteiger partial charge < -0.3 is 25.2 Å². The third-order valence-electron chi connectivity index (χ3n) is 4.12. The first kappa shape index (κ1) is 21.6. The van der Waals surface area contributed by atoms with Crippen LogP contribution in [0.25, 0.3) is 0 Å². The number of aliphatic hydroxyl groups excluding tert-OH is 1. The number of methoxy groups -OCH3 is 1. The Morgan fingerprint density at radius 1 is 1.14 bits per heavy atom. The number of aliphatic imine (C=N–C) groups is 1. The molecule has 2 aromatic rings. The van der Waals surface area contributed by atoms with Crippen LogP contribution in [0.4, 0.5) is 0 Å². The second-order valence-electron chi connectivity index (χ2n) is 6.49. The van der Waals surface area contributed by atoms with Crippen molar-refractivity contribution in [2.24, 2.45) is 4.99 Å². The maximum atomic E-state index is 10.2. The van der Waals surface area contributed by atoms with Gasteiger partial charge in [-0.25, -0.2) is 0 Å². The molecule has 0 fully saturated rings. The molecule has 0 radical (unpaired) electrons. The molecule has 3 N–H and O–H groups in total. The Kier molecular flexibility index (Phi) is 9.15. The summed E-state index contributed by atoms with van der Waals surface area (Å²) in [6.07, 6.45) is 0.137. The standard InChI is InChI=1S/C22H31N3O3/c1-4-23-22(24-13-12-18-9-5-6-11-21(18)27-3)25-15-19(26)16-28-20-10-7-8-17(2)14-20/h5-11,14,19,26H,4,12-13,15-16H2,1-3H3,(H2,23,24,25). The smallest absolute Gasteiger partial charge is 0.191 e. The molecule has 0 saturated carbocycles. The molecular formula is C22H31N3O3. The number of guanidine groups is 1. The number of nitrogens with zero attached hydrogens (tertiary/aromatic N) is 1. The Labute approximate surface area is 167 Å². The number of ether oxygens (including phenoxy) is 2. The molecule has 28 heavy (non-hydrogen) atoms. The van der Waals surface area contributed by atoms with Gasteiger partial charge in [0.05, 0.1) is 13.7 Å². The molecule has 152 valence electrons. The van der Waals surface area contributed by atoms with Crippen LogP contribution in [-0.4, -0.2) is 50.5 Å². The summed E-state index contributed by atoms with van der Waals surface area (Å²) in [5.41, 5.74) is 2.26. The van der Waals surface area contributed by atoms with Crippen molar-refractivity contribution >= 4 is 5.96 Å². The molecule has 0 saturated heterocycles. The Balaban J connectivity index is 1.80. The number of para-hydroxylation sites is 1. The maximum absolute atomic E-state index is 10.2. The van der Waals surface area contributed by atoms with Gasteiger partial charge in [0.25, 0.3) is 0 Å². The monoisotopic (exact) mass is 385 g/mol. The van der Waals surface area contributed by atoms with Crippen LogP contribution in [0.5, 0.6) is 11.5 Å². The van der Waals surface area contributed by atoms with Crippen LogP contribution in [0.15, 0.2) is 53.5 Å². The number of nitrogens with one attached hydrogen (secondary N) is 2. The summed E-state index contributed by atoms with van der Waals surface area (Å²) in [5, 5.41) is 16.6. The molecule has 1 atom stereocenters. The van der Waals surface area contributed by atoms with Crippen molar-refractivity contribution < 1.29 is 14.6 Å². The molecule has 0 heterocycles. The number of benzene rings is 2. The van der Waals surface area contributed by atoms with Gasteiger partial charge >= 0.3 is 0 Å². The van der Waals surface area contributed by atoms with Crippen LogP contribution in [0.2, 0.25) is 0 Å². The van der Waals surface area contributed by atoms with Crippen LogP contribution in [-0.2, 0) is 6.42 Å². The predicted octanol–water partition coefficient (Wildman–Crippen LogP) is 2.54. The van der Waals surface area contributed by atoms with E-state index in [9.17, 15) is 5.11 Å². The average Bonchev–Trinajstić information content (AvgIpc) is 2.71. The first-order valence-corrected chi connectivity index (χ1v) is 9.64. The Hall–Kier alpha value is -2.73. The fraction of sp³-hybridized carbons (Fsp3) is 0.409. The van der Waals surface area contributed by atoms with E-state index in [1.165, 1.54) is 0 Å². The second-order valence-corrected chi connectivity index (χ2v) is 6.49. The molecule has 0 aliphatic carbocycles. The van der Waals surface area contributed by atoms with Crippen molar-refractivity contribution in [3.8, 4) is 11.5 Å². The minimum Gasteiger partial charge on any atom is -0.496 e. The van der Waals surface area contributed by atoms with Gasteiger partial charge in [-0.05, 0) is 49.6 Å². The van der Waals surface area contributed by atoms with E-state index in [0.29, 0.717) is 12.5 Å². The zero-order valence-electron chi connectivity index (χ0n) is 16.9. The molecule has 0 aliphatic heterocycles. The molecule has 2 rings (SSSR count). The van der Waals surface area contributed by atoms with Crippen LogP contribution in [0, 0.1) is 6.92 Å². The van der Waals surface area contributed by atoms with Crippen molar-refractivity contribution in [2.75, 3.05) is 33.4 Å². The van der Waals surface area contributed by atoms with Crippen LogP contribution in [0.1, 0.15) is 18.1 Å². The van der Waals surface area contributed by atoms with Gasteiger partial charge in [-0.1, -0.05) is 30.3 Å². The highest BCUT2D eigenvalue weighted by Crippen LogP contribution is 2.17. The van der Waals surface area contributed by atoms with Crippen LogP contribution < -0.4 is 20.1 Å². The highest BCUT2D eigenvalue weighted by Gasteiger charge is 2.07. The molecule has 0 aromatic heterocycles. The quantitative estimate of drug-likeness (QED) is 0.433. The van der Waals surface area contributed by atoms with Crippen molar-refractivity contribution in [3.05, 3.63) is 59.7 Å². The van der Waals surface area contributed by atoms with Gasteiger partial charge in [0, 0.05) is 13.1 Å². The number of rotatable bonds is 10. The molecular weight excluding hydrogens is 354 g/mol. The third-order valence-corrected chi connectivity index (χ3v) is 4.12. The third kappa shape index (κ3) is 7.48. The number of hydrogen-bond donors (Lipinski definition) is 3. The zero-order chi connectivity index (χ0) is 20.2. The summed E-state index contributed by atoms with van der Waals surface area (Å²) in [4.78, 5) is 4.45. The van der Waals surface area contributed by atoms with Gasteiger partial charge in [0.1, 0.15) is 24.2 Å². The van der Waals surface area contributed by atoms with Crippen molar-refractivity contribution in [2.45, 2.75) is 26.4 Å². The van der Waals surface area contributed by atoms with E-state index < -0.39 is 6.10 Å². The molecule has 1 unspecified atom stereocenters. The van der Waals surface area contributed by atoms with E-state index in [-0.39, 0.29) is 13.2 Å². The normalized spacial score (nSPS) is 12.4. The highest BCUT2D eigenvalue weighted by molar-refractivity contribution is 5.79. The van der Waals surface area contributed by atoms with E-state index in [2.05, 4.69) is 21.7 Å². The van der Waals surface area contributed by atoms with Gasteiger partial charge in [-0.2, -0.15) is 0 Å². The van der Waals surface area contributed by atoms with E-state index in [0.717, 1.165) is 35.6 Å². The van der Waals surface area contributed by atoms with Gasteiger partial charge in [-0.3, -0.25) is 4.99 Å². The molecule has 6 nitrogen and oxygen atoms in total. The summed E-state index contributed by atoms with van der Waals surface area (Å²) < 4.78 is 11.0. The molecule has 6 heteroatoms. The van der Waals surface area contributed by atoms with E-state index in [1.54, 1.807) is 7.11 Å². The fourth-order valence-corrected chi connectivity index (χ4v) is 2.71. The zero-order valence-corrected chi connectivity index (χ0v) is 16.9. The first-order valence-electron chi connectivity index (χ1n) is 9.64. The Morgan fingerprint density at radius 2 is 1.96 bits per heavy atom. The SMILES string of the molecule is CCNC(=NCC(O)COc1cccc(C)c1)NCCc1ccccc1OC. The van der Waals surface area contributed by atoms with E-state index in [1.807, 2.05) is 56.3 Å². The second kappa shape index (κ2) is 11.9. The van der Waals surface area contributed by atoms with E-state index in [4.69, 9.17) is 9.47 Å². The maximum Gasteiger partial charge on any atom is 0.191 e. The minimum atomic E-state index is -0.676. The molecule has 0 aliphatic rings. The van der Waals surface area contributed by atoms with Crippen molar-refractivity contribution in [3.63, 3.8) is 0 Å². The summed E-state index contributed by atoms with van der Waals surface area (Å²) in [6.45, 7) is 5.93. The summed E-state index contributed by atoms with van der Waals surface area (Å²) in [5.74, 6) is 2.31. The first-order chi connectivity index (χ1) is 13.6. The van der Waals surface area contributed by atoms with Crippen LogP contribution >= 0.6 is 0 Å². The largest absolute Gasteiger partial charge is 0.496 e. The molecule has 0 amide bonds. The summed E-state index contributed by atoms with van der Waals surface area (Å²) in [6, 6.07) is 15.7. The van der Waals surface area contributed by atoms with Crippen LogP contribution in [0.3, 0.4) is 0 Å². The lowest BCUT2D eigenvalue weighted by atomic mass is 10.1. The average molecular weight is 386 g/mol. The predicted molar refractivity (Wildman–Crippen MR) is 113 cm³/mol. The lowest BCUT2D eigenvalue weighted by Gasteiger charge is -2.14. The number of aryl methyl sites for hydroxylation is 1. The molecule has 0 spiro atoms. The van der Waals surface area contributed by atoms with Crippen molar-refractivity contribution in [1.82, 2.24) is 10.6 Å². The Bertz CT molecular complexity index is 749. The minimum absolute atomic E-state index is 0.202. The Morgan fingerprint density at radius 3 is 2.71 bits per heavy atom. The number of aliphatic hydroxyl groups is 1. The molecule has 0 bridgehead atoms. The van der Waals surface area contributed by atoms with Gasteiger partial charge in [0.2, 0.25) is 0 Å². The lowest BCUT2D eigenvalue weighted by Crippen LogP contribution is -2.39. The summed E-state index contributed by atoms with van der Waals surface area (Å²) >= 11 is 0. The lowest BCUT2D eigenvalue weighted by molar-refractivity contribution is 0.114. The fourth-order valence-electron chi connectivity index (χ4n) is 2.71. The van der Waals surface area contributed by atoms with Gasteiger partial charge in [-0.15, -0.1) is 0 Å².